The number of halogens is 2. The smallest absolute Gasteiger partial charge is 0.271 e. The Kier molecular flexibility index (Phi) is 6.83. The molecule has 1 amide bonds. The van der Waals surface area contributed by atoms with Crippen LogP contribution in [0, 0.1) is 11.6 Å². The molecule has 0 radical (unpaired) electrons. The zero-order valence-electron chi connectivity index (χ0n) is 18.5. The van der Waals surface area contributed by atoms with Gasteiger partial charge in [0, 0.05) is 5.56 Å². The third-order valence-corrected chi connectivity index (χ3v) is 5.93. The molecular formula is C25H20F2N2O4S. The van der Waals surface area contributed by atoms with Crippen LogP contribution < -0.4 is 19.1 Å². The molecule has 0 aromatic heterocycles. The minimum absolute atomic E-state index is 0.342. The van der Waals surface area contributed by atoms with Gasteiger partial charge < -0.3 is 14.2 Å². The second-order valence-corrected chi connectivity index (χ2v) is 8.03. The van der Waals surface area contributed by atoms with Gasteiger partial charge in [0.2, 0.25) is 5.75 Å². The number of benzene rings is 3. The lowest BCUT2D eigenvalue weighted by atomic mass is 10.1. The number of methoxy groups -OCH3 is 3. The zero-order valence-corrected chi connectivity index (χ0v) is 19.4. The number of amides is 1. The molecule has 1 fully saturated rings. The van der Waals surface area contributed by atoms with Gasteiger partial charge in [-0.15, -0.1) is 0 Å². The summed E-state index contributed by atoms with van der Waals surface area (Å²) in [5.41, 5.74) is 1.51. The topological polar surface area (TPSA) is 60.4 Å². The lowest BCUT2D eigenvalue weighted by molar-refractivity contribution is -0.113. The van der Waals surface area contributed by atoms with Crippen LogP contribution in [0.15, 0.2) is 70.6 Å². The van der Waals surface area contributed by atoms with Crippen molar-refractivity contribution >= 4 is 40.3 Å². The second-order valence-electron chi connectivity index (χ2n) is 7.02. The molecule has 3 aromatic carbocycles. The lowest BCUT2D eigenvalue weighted by Gasteiger charge is -2.16. The molecule has 1 aliphatic rings. The Hall–Kier alpha value is -3.85. The Labute approximate surface area is 199 Å². The highest BCUT2D eigenvalue weighted by Gasteiger charge is 2.35. The van der Waals surface area contributed by atoms with Crippen molar-refractivity contribution in [3.8, 4) is 17.2 Å². The Balaban J connectivity index is 1.81. The summed E-state index contributed by atoms with van der Waals surface area (Å²) in [5, 5.41) is 0.342. The van der Waals surface area contributed by atoms with E-state index >= 15 is 0 Å². The molecule has 3 aromatic rings. The van der Waals surface area contributed by atoms with Crippen molar-refractivity contribution in [1.82, 2.24) is 0 Å². The average molecular weight is 483 g/mol. The SMILES string of the molecule is COc1ccc(/C=C2/SC(=Nc3ccc(F)cc3)N(c3ccc(F)cc3)C2=O)c(OC)c1OC. The number of aliphatic imine (C=N–C) groups is 1. The van der Waals surface area contributed by atoms with Gasteiger partial charge in [-0.2, -0.15) is 0 Å². The normalized spacial score (nSPS) is 15.8. The van der Waals surface area contributed by atoms with Gasteiger partial charge >= 0.3 is 0 Å². The monoisotopic (exact) mass is 482 g/mol. The molecule has 0 spiro atoms. The minimum Gasteiger partial charge on any atom is -0.493 e. The molecule has 4 rings (SSSR count). The van der Waals surface area contributed by atoms with E-state index in [0.717, 1.165) is 11.8 Å². The maximum atomic E-state index is 13.5. The number of anilines is 1. The van der Waals surface area contributed by atoms with Crippen LogP contribution in [0.3, 0.4) is 0 Å². The van der Waals surface area contributed by atoms with Gasteiger partial charge in [0.15, 0.2) is 16.7 Å². The quantitative estimate of drug-likeness (QED) is 0.416. The first-order valence-electron chi connectivity index (χ1n) is 10.1. The highest BCUT2D eigenvalue weighted by molar-refractivity contribution is 8.19. The molecule has 9 heteroatoms. The van der Waals surface area contributed by atoms with Gasteiger partial charge in [0.1, 0.15) is 11.6 Å². The Morgan fingerprint density at radius 2 is 1.44 bits per heavy atom. The highest BCUT2D eigenvalue weighted by Crippen LogP contribution is 2.43. The molecule has 0 aliphatic carbocycles. The molecule has 174 valence electrons. The largest absolute Gasteiger partial charge is 0.493 e. The molecule has 0 saturated carbocycles. The number of ether oxygens (including phenoxy) is 3. The van der Waals surface area contributed by atoms with Crippen molar-refractivity contribution < 1.29 is 27.8 Å². The number of hydrogen-bond acceptors (Lipinski definition) is 6. The molecule has 1 heterocycles. The van der Waals surface area contributed by atoms with Crippen LogP contribution in [0.4, 0.5) is 20.2 Å². The van der Waals surface area contributed by atoms with E-state index in [2.05, 4.69) is 4.99 Å². The predicted molar refractivity (Wildman–Crippen MR) is 129 cm³/mol. The molecular weight excluding hydrogens is 462 g/mol. The van der Waals surface area contributed by atoms with Gasteiger partial charge in [0.05, 0.1) is 37.6 Å². The summed E-state index contributed by atoms with van der Waals surface area (Å²) in [6.45, 7) is 0. The van der Waals surface area contributed by atoms with Gasteiger partial charge in [-0.3, -0.25) is 9.69 Å². The minimum atomic E-state index is -0.425. The zero-order chi connectivity index (χ0) is 24.2. The number of nitrogens with zero attached hydrogens (tertiary/aromatic N) is 2. The number of hydrogen-bond donors (Lipinski definition) is 0. The summed E-state index contributed by atoms with van der Waals surface area (Å²) in [7, 11) is 4.51. The van der Waals surface area contributed by atoms with Crippen molar-refractivity contribution in [2.75, 3.05) is 26.2 Å². The Morgan fingerprint density at radius 1 is 0.824 bits per heavy atom. The molecule has 1 saturated heterocycles. The summed E-state index contributed by atoms with van der Waals surface area (Å²) in [5.74, 6) is 0.111. The van der Waals surface area contributed by atoms with E-state index < -0.39 is 11.6 Å². The van der Waals surface area contributed by atoms with E-state index in [1.165, 1.54) is 74.8 Å². The van der Waals surface area contributed by atoms with Crippen LogP contribution in [0.2, 0.25) is 0 Å². The van der Waals surface area contributed by atoms with Crippen LogP contribution in [0.1, 0.15) is 5.56 Å². The first kappa shape index (κ1) is 23.3. The maximum Gasteiger partial charge on any atom is 0.271 e. The molecule has 34 heavy (non-hydrogen) atoms. The van der Waals surface area contributed by atoms with Crippen LogP contribution in [0.25, 0.3) is 6.08 Å². The average Bonchev–Trinajstić information content (AvgIpc) is 3.14. The first-order valence-corrected chi connectivity index (χ1v) is 10.9. The van der Waals surface area contributed by atoms with Crippen molar-refractivity contribution in [2.45, 2.75) is 0 Å². The van der Waals surface area contributed by atoms with Crippen LogP contribution in [-0.2, 0) is 4.79 Å². The van der Waals surface area contributed by atoms with Crippen molar-refractivity contribution in [1.29, 1.82) is 0 Å². The van der Waals surface area contributed by atoms with E-state index in [0.29, 0.717) is 44.3 Å². The Bertz CT molecular complexity index is 1280. The summed E-state index contributed by atoms with van der Waals surface area (Å²) in [6, 6.07) is 14.6. The van der Waals surface area contributed by atoms with Crippen molar-refractivity contribution in [3.05, 3.63) is 82.8 Å². The number of thioether (sulfide) groups is 1. The van der Waals surface area contributed by atoms with E-state index in [-0.39, 0.29) is 5.91 Å². The standard InChI is InChI=1S/C25H20F2N2O4S/c1-31-20-13-4-15(22(32-2)23(20)33-3)14-21-24(30)29(19-11-7-17(27)8-12-19)25(34-21)28-18-9-5-16(26)6-10-18/h4-14H,1-3H3/b21-14+,28-25?. The van der Waals surface area contributed by atoms with E-state index in [1.807, 2.05) is 0 Å². The van der Waals surface area contributed by atoms with Gasteiger partial charge in [0.25, 0.3) is 5.91 Å². The number of carbonyl (C=O) groups excluding carboxylic acids is 1. The van der Waals surface area contributed by atoms with Crippen molar-refractivity contribution in [2.24, 2.45) is 4.99 Å². The summed E-state index contributed by atoms with van der Waals surface area (Å²) in [6.07, 6.45) is 1.66. The number of amidine groups is 1. The van der Waals surface area contributed by atoms with Crippen LogP contribution in [0.5, 0.6) is 17.2 Å². The molecule has 0 atom stereocenters. The van der Waals surface area contributed by atoms with Crippen LogP contribution in [-0.4, -0.2) is 32.4 Å². The third kappa shape index (κ3) is 4.60. The van der Waals surface area contributed by atoms with E-state index in [1.54, 1.807) is 18.2 Å². The summed E-state index contributed by atoms with van der Waals surface area (Å²) < 4.78 is 43.1. The summed E-state index contributed by atoms with van der Waals surface area (Å²) in [4.78, 5) is 19.7. The Morgan fingerprint density at radius 3 is 2.03 bits per heavy atom. The fourth-order valence-corrected chi connectivity index (χ4v) is 4.36. The summed E-state index contributed by atoms with van der Waals surface area (Å²) >= 11 is 1.13. The molecule has 0 bridgehead atoms. The van der Waals surface area contributed by atoms with Crippen molar-refractivity contribution in [3.63, 3.8) is 0 Å². The molecule has 0 unspecified atom stereocenters. The predicted octanol–water partition coefficient (Wildman–Crippen LogP) is 5.80. The van der Waals surface area contributed by atoms with E-state index in [9.17, 15) is 13.6 Å². The fourth-order valence-electron chi connectivity index (χ4n) is 3.37. The van der Waals surface area contributed by atoms with Gasteiger partial charge in [-0.25, -0.2) is 13.8 Å². The van der Waals surface area contributed by atoms with Gasteiger partial charge in [-0.1, -0.05) is 0 Å². The highest BCUT2D eigenvalue weighted by atomic mass is 32.2. The number of carbonyl (C=O) groups is 1. The molecule has 6 nitrogen and oxygen atoms in total. The first-order chi connectivity index (χ1) is 16.4. The van der Waals surface area contributed by atoms with Crippen LogP contribution >= 0.6 is 11.8 Å². The molecule has 0 N–H and O–H groups in total. The van der Waals surface area contributed by atoms with E-state index in [4.69, 9.17) is 14.2 Å². The number of rotatable bonds is 6. The lowest BCUT2D eigenvalue weighted by Crippen LogP contribution is -2.28. The third-order valence-electron chi connectivity index (χ3n) is 4.96. The maximum absolute atomic E-state index is 13.5. The second kappa shape index (κ2) is 9.96. The fraction of sp³-hybridized carbons (Fsp3) is 0.120. The molecule has 1 aliphatic heterocycles. The van der Waals surface area contributed by atoms with Gasteiger partial charge in [-0.05, 0) is 78.5 Å².